The van der Waals surface area contributed by atoms with E-state index in [1.54, 1.807) is 35.7 Å². The molecular weight excluding hydrogens is 502 g/mol. The molecule has 1 aliphatic rings. The highest BCUT2D eigenvalue weighted by atomic mass is 32.2. The van der Waals surface area contributed by atoms with Gasteiger partial charge in [0, 0.05) is 28.5 Å². The summed E-state index contributed by atoms with van der Waals surface area (Å²) in [5.41, 5.74) is 2.88. The first-order chi connectivity index (χ1) is 17.6. The van der Waals surface area contributed by atoms with Crippen molar-refractivity contribution in [3.63, 3.8) is 0 Å². The Labute approximate surface area is 222 Å². The average molecular weight is 534 g/mol. The molecule has 2 aromatic carbocycles. The van der Waals surface area contributed by atoms with Crippen molar-refractivity contribution in [2.24, 2.45) is 0 Å². The molecule has 4 aromatic rings. The quantitative estimate of drug-likeness (QED) is 0.336. The zero-order valence-electron chi connectivity index (χ0n) is 21.5. The Morgan fingerprint density at radius 1 is 1.08 bits per heavy atom. The molecule has 5 rings (SSSR count). The van der Waals surface area contributed by atoms with Gasteiger partial charge in [-0.2, -0.15) is 4.31 Å². The molecule has 0 bridgehead atoms. The summed E-state index contributed by atoms with van der Waals surface area (Å²) in [5, 5.41) is 2.81. The summed E-state index contributed by atoms with van der Waals surface area (Å²) >= 11 is 1.71. The monoisotopic (exact) mass is 533 g/mol. The molecule has 192 valence electrons. The van der Waals surface area contributed by atoms with E-state index in [-0.39, 0.29) is 23.4 Å². The number of para-hydroxylation sites is 1. The second kappa shape index (κ2) is 9.67. The summed E-state index contributed by atoms with van der Waals surface area (Å²) in [6.45, 7) is 7.79. The van der Waals surface area contributed by atoms with Crippen molar-refractivity contribution in [3.8, 4) is 0 Å². The number of amides is 1. The number of aromatic nitrogens is 1. The van der Waals surface area contributed by atoms with Gasteiger partial charge in [0.25, 0.3) is 0 Å². The Bertz CT molecular complexity index is 1550. The molecule has 0 saturated heterocycles. The zero-order chi connectivity index (χ0) is 26.4. The highest BCUT2D eigenvalue weighted by Crippen LogP contribution is 2.38. The van der Waals surface area contributed by atoms with E-state index in [1.807, 2.05) is 44.7 Å². The van der Waals surface area contributed by atoms with Crippen molar-refractivity contribution < 1.29 is 13.2 Å². The minimum Gasteiger partial charge on any atom is -0.330 e. The molecule has 37 heavy (non-hydrogen) atoms. The number of thiophene rings is 1. The van der Waals surface area contributed by atoms with E-state index < -0.39 is 15.6 Å². The number of nitrogens with zero attached hydrogens (tertiary/aromatic N) is 3. The van der Waals surface area contributed by atoms with Gasteiger partial charge in [-0.1, -0.05) is 48.0 Å². The third kappa shape index (κ3) is 4.81. The van der Waals surface area contributed by atoms with Crippen LogP contribution in [0.1, 0.15) is 48.4 Å². The topological polar surface area (TPSA) is 70.6 Å². The summed E-state index contributed by atoms with van der Waals surface area (Å²) in [4.78, 5) is 21.6. The fourth-order valence-corrected chi connectivity index (χ4v) is 7.80. The van der Waals surface area contributed by atoms with Crippen molar-refractivity contribution in [2.75, 3.05) is 13.1 Å². The van der Waals surface area contributed by atoms with Gasteiger partial charge in [0.2, 0.25) is 15.9 Å². The van der Waals surface area contributed by atoms with E-state index in [0.717, 1.165) is 28.5 Å². The third-order valence-electron chi connectivity index (χ3n) is 6.87. The number of benzene rings is 2. The highest BCUT2D eigenvalue weighted by Gasteiger charge is 2.40. The summed E-state index contributed by atoms with van der Waals surface area (Å²) in [6.07, 6.45) is 2.35. The highest BCUT2D eigenvalue weighted by molar-refractivity contribution is 7.89. The van der Waals surface area contributed by atoms with E-state index in [4.69, 9.17) is 0 Å². The molecule has 1 amide bonds. The van der Waals surface area contributed by atoms with Gasteiger partial charge in [0.05, 0.1) is 18.1 Å². The van der Waals surface area contributed by atoms with Gasteiger partial charge in [-0.05, 0) is 68.8 Å². The predicted molar refractivity (Wildman–Crippen MR) is 148 cm³/mol. The van der Waals surface area contributed by atoms with Crippen LogP contribution in [0.2, 0.25) is 0 Å². The van der Waals surface area contributed by atoms with Gasteiger partial charge < -0.3 is 4.90 Å². The lowest BCUT2D eigenvalue weighted by atomic mass is 9.92. The number of aryl methyl sites for hydroxylation is 1. The maximum Gasteiger partial charge on any atom is 0.246 e. The Balaban J connectivity index is 1.53. The molecule has 3 heterocycles. The Kier molecular flexibility index (Phi) is 6.68. The zero-order valence-corrected chi connectivity index (χ0v) is 23.1. The van der Waals surface area contributed by atoms with Gasteiger partial charge in [-0.3, -0.25) is 9.78 Å². The van der Waals surface area contributed by atoms with Crippen LogP contribution in [-0.2, 0) is 21.2 Å². The third-order valence-corrected chi connectivity index (χ3v) is 10.0. The normalized spacial score (nSPS) is 16.2. The summed E-state index contributed by atoms with van der Waals surface area (Å²) in [5.74, 6) is -0.214. The van der Waals surface area contributed by atoms with Gasteiger partial charge in [0.1, 0.15) is 4.90 Å². The Morgan fingerprint density at radius 3 is 2.54 bits per heavy atom. The van der Waals surface area contributed by atoms with Crippen LogP contribution in [-0.4, -0.2) is 47.1 Å². The van der Waals surface area contributed by atoms with Crippen LogP contribution in [0.4, 0.5) is 0 Å². The minimum atomic E-state index is -4.03. The standard InChI is InChI=1S/C29H31N3O3S2/c1-20-10-12-22(13-11-20)28-23-15-18-36-24(23)14-17-31(28)26(33)19-32(29(2,3)4)37(34,35)25-9-5-7-21-8-6-16-30-27(21)25/h5-13,15-16,18,28H,14,17,19H2,1-4H3. The molecule has 0 fully saturated rings. The first kappa shape index (κ1) is 25.6. The minimum absolute atomic E-state index is 0.113. The second-order valence-electron chi connectivity index (χ2n) is 10.5. The maximum absolute atomic E-state index is 14.1. The molecule has 0 aliphatic carbocycles. The van der Waals surface area contributed by atoms with E-state index in [9.17, 15) is 13.2 Å². The maximum atomic E-state index is 14.1. The Morgan fingerprint density at radius 2 is 1.81 bits per heavy atom. The number of sulfonamides is 1. The lowest BCUT2D eigenvalue weighted by Crippen LogP contribution is -2.52. The van der Waals surface area contributed by atoms with Crippen LogP contribution in [0.25, 0.3) is 10.9 Å². The van der Waals surface area contributed by atoms with Crippen molar-refractivity contribution in [1.82, 2.24) is 14.2 Å². The molecule has 1 unspecified atom stereocenters. The molecular formula is C29H31N3O3S2. The van der Waals surface area contributed by atoms with Gasteiger partial charge in [0.15, 0.2) is 0 Å². The van der Waals surface area contributed by atoms with E-state index in [0.29, 0.717) is 12.1 Å². The molecule has 8 heteroatoms. The van der Waals surface area contributed by atoms with Crippen molar-refractivity contribution in [3.05, 3.63) is 93.8 Å². The van der Waals surface area contributed by atoms with Crippen LogP contribution in [0.15, 0.2) is 77.1 Å². The first-order valence-electron chi connectivity index (χ1n) is 12.4. The molecule has 0 radical (unpaired) electrons. The molecule has 0 spiro atoms. The molecule has 1 aliphatic heterocycles. The summed E-state index contributed by atoms with van der Waals surface area (Å²) in [6, 6.07) is 18.8. The largest absolute Gasteiger partial charge is 0.330 e. The fraction of sp³-hybridized carbons (Fsp3) is 0.310. The first-order valence-corrected chi connectivity index (χ1v) is 14.7. The summed E-state index contributed by atoms with van der Waals surface area (Å²) in [7, 11) is -4.03. The average Bonchev–Trinajstić information content (AvgIpc) is 3.35. The molecule has 0 N–H and O–H groups in total. The van der Waals surface area contributed by atoms with Crippen LogP contribution >= 0.6 is 11.3 Å². The number of hydrogen-bond acceptors (Lipinski definition) is 5. The lowest BCUT2D eigenvalue weighted by Gasteiger charge is -2.40. The molecule has 0 saturated carbocycles. The smallest absolute Gasteiger partial charge is 0.246 e. The van der Waals surface area contributed by atoms with Crippen LogP contribution in [0.3, 0.4) is 0 Å². The molecule has 1 atom stereocenters. The van der Waals surface area contributed by atoms with Crippen molar-refractivity contribution in [1.29, 1.82) is 0 Å². The lowest BCUT2D eigenvalue weighted by molar-refractivity contribution is -0.134. The van der Waals surface area contributed by atoms with Gasteiger partial charge >= 0.3 is 0 Å². The molecule has 6 nitrogen and oxygen atoms in total. The predicted octanol–water partition coefficient (Wildman–Crippen LogP) is 5.57. The van der Waals surface area contributed by atoms with Crippen molar-refractivity contribution >= 4 is 38.2 Å². The van der Waals surface area contributed by atoms with E-state index >= 15 is 0 Å². The van der Waals surface area contributed by atoms with Crippen LogP contribution < -0.4 is 0 Å². The molecule has 2 aromatic heterocycles. The Hall–Kier alpha value is -3.07. The van der Waals surface area contributed by atoms with E-state index in [2.05, 4.69) is 40.7 Å². The van der Waals surface area contributed by atoms with Gasteiger partial charge in [-0.15, -0.1) is 11.3 Å². The van der Waals surface area contributed by atoms with Crippen molar-refractivity contribution in [2.45, 2.75) is 50.6 Å². The van der Waals surface area contributed by atoms with Crippen LogP contribution in [0.5, 0.6) is 0 Å². The van der Waals surface area contributed by atoms with Crippen LogP contribution in [0, 0.1) is 6.92 Å². The number of hydrogen-bond donors (Lipinski definition) is 0. The van der Waals surface area contributed by atoms with Gasteiger partial charge in [-0.25, -0.2) is 8.42 Å². The number of rotatable bonds is 5. The number of fused-ring (bicyclic) bond motifs is 2. The number of pyridine rings is 1. The SMILES string of the molecule is Cc1ccc(C2c3ccsc3CCN2C(=O)CN(C(C)(C)C)S(=O)(=O)c2cccc3cccnc23)cc1. The number of carbonyl (C=O) groups excluding carboxylic acids is 1. The fourth-order valence-electron chi connectivity index (χ4n) is 4.99. The number of carbonyl (C=O) groups is 1. The summed E-state index contributed by atoms with van der Waals surface area (Å²) < 4.78 is 29.5. The second-order valence-corrected chi connectivity index (χ2v) is 13.3. The van der Waals surface area contributed by atoms with E-state index in [1.165, 1.54) is 9.18 Å².